The standard InChI is InChI=1S/C16H12ClN3O/c17-14-8-11(5-6-13(14)16(18)19)21-12-7-10-3-1-2-4-15(10)20-9-12/h1-9H,(H3,18,19). The SMILES string of the molecule is N=C(N)c1ccc(Oc2cnc3ccccc3c2)cc1Cl. The molecule has 0 unspecified atom stereocenters. The normalized spacial score (nSPS) is 10.5. The molecule has 2 aromatic carbocycles. The second-order valence-corrected chi connectivity index (χ2v) is 4.93. The lowest BCUT2D eigenvalue weighted by Gasteiger charge is -2.08. The molecular weight excluding hydrogens is 286 g/mol. The van der Waals surface area contributed by atoms with E-state index in [9.17, 15) is 0 Å². The van der Waals surface area contributed by atoms with E-state index in [2.05, 4.69) is 4.98 Å². The number of benzene rings is 2. The van der Waals surface area contributed by atoms with E-state index in [-0.39, 0.29) is 5.84 Å². The summed E-state index contributed by atoms with van der Waals surface area (Å²) in [5, 5.41) is 8.79. The summed E-state index contributed by atoms with van der Waals surface area (Å²) in [5.41, 5.74) is 6.83. The lowest BCUT2D eigenvalue weighted by atomic mass is 10.2. The van der Waals surface area contributed by atoms with Crippen LogP contribution in [0.2, 0.25) is 5.02 Å². The van der Waals surface area contributed by atoms with Crippen molar-refractivity contribution in [3.05, 3.63) is 65.3 Å². The van der Waals surface area contributed by atoms with E-state index in [4.69, 9.17) is 27.5 Å². The number of para-hydroxylation sites is 1. The third-order valence-electron chi connectivity index (χ3n) is 3.03. The minimum Gasteiger partial charge on any atom is -0.456 e. The molecule has 0 atom stereocenters. The number of hydrogen-bond donors (Lipinski definition) is 2. The fraction of sp³-hybridized carbons (Fsp3) is 0. The molecule has 0 aliphatic heterocycles. The number of rotatable bonds is 3. The predicted molar refractivity (Wildman–Crippen MR) is 84.3 cm³/mol. The first-order chi connectivity index (χ1) is 10.1. The van der Waals surface area contributed by atoms with Gasteiger partial charge < -0.3 is 10.5 Å². The van der Waals surface area contributed by atoms with Crippen LogP contribution in [0, 0.1) is 5.41 Å². The number of ether oxygens (including phenoxy) is 1. The maximum Gasteiger partial charge on any atom is 0.146 e. The van der Waals surface area contributed by atoms with Gasteiger partial charge in [0.15, 0.2) is 0 Å². The van der Waals surface area contributed by atoms with Gasteiger partial charge in [-0.1, -0.05) is 29.8 Å². The number of amidine groups is 1. The Labute approximate surface area is 126 Å². The van der Waals surface area contributed by atoms with Gasteiger partial charge in [-0.25, -0.2) is 0 Å². The van der Waals surface area contributed by atoms with Crippen LogP contribution >= 0.6 is 11.6 Å². The molecule has 0 fully saturated rings. The first kappa shape index (κ1) is 13.4. The van der Waals surface area contributed by atoms with Crippen molar-refractivity contribution in [2.24, 2.45) is 5.73 Å². The molecule has 104 valence electrons. The van der Waals surface area contributed by atoms with Crippen LogP contribution in [-0.2, 0) is 0 Å². The third kappa shape index (κ3) is 2.80. The maximum atomic E-state index is 7.40. The van der Waals surface area contributed by atoms with Crippen LogP contribution in [0.25, 0.3) is 10.9 Å². The van der Waals surface area contributed by atoms with Crippen LogP contribution in [0.15, 0.2) is 54.7 Å². The first-order valence-electron chi connectivity index (χ1n) is 6.30. The van der Waals surface area contributed by atoms with Crippen molar-refractivity contribution >= 4 is 28.3 Å². The summed E-state index contributed by atoms with van der Waals surface area (Å²) >= 11 is 6.07. The highest BCUT2D eigenvalue weighted by molar-refractivity contribution is 6.34. The highest BCUT2D eigenvalue weighted by Gasteiger charge is 2.06. The van der Waals surface area contributed by atoms with Crippen molar-refractivity contribution in [2.45, 2.75) is 0 Å². The van der Waals surface area contributed by atoms with E-state index in [1.54, 1.807) is 24.4 Å². The Morgan fingerprint density at radius 1 is 1.10 bits per heavy atom. The van der Waals surface area contributed by atoms with Gasteiger partial charge in [-0.2, -0.15) is 0 Å². The summed E-state index contributed by atoms with van der Waals surface area (Å²) < 4.78 is 5.74. The second-order valence-electron chi connectivity index (χ2n) is 4.52. The number of pyridine rings is 1. The monoisotopic (exact) mass is 297 g/mol. The Morgan fingerprint density at radius 3 is 2.67 bits per heavy atom. The molecule has 0 amide bonds. The molecule has 0 radical (unpaired) electrons. The minimum absolute atomic E-state index is 0.0704. The van der Waals surface area contributed by atoms with E-state index >= 15 is 0 Å². The van der Waals surface area contributed by atoms with Gasteiger partial charge in [0.05, 0.1) is 16.7 Å². The molecule has 3 rings (SSSR count). The van der Waals surface area contributed by atoms with Crippen molar-refractivity contribution < 1.29 is 4.74 Å². The van der Waals surface area contributed by atoms with Gasteiger partial charge in [-0.15, -0.1) is 0 Å². The molecule has 0 saturated heterocycles. The number of halogens is 1. The molecule has 0 spiro atoms. The molecule has 5 heteroatoms. The number of nitrogens with one attached hydrogen (secondary N) is 1. The van der Waals surface area contributed by atoms with Crippen molar-refractivity contribution in [3.63, 3.8) is 0 Å². The summed E-state index contributed by atoms with van der Waals surface area (Å²) in [6.45, 7) is 0. The van der Waals surface area contributed by atoms with Gasteiger partial charge in [0.2, 0.25) is 0 Å². The minimum atomic E-state index is -0.0704. The summed E-state index contributed by atoms with van der Waals surface area (Å²) in [7, 11) is 0. The van der Waals surface area contributed by atoms with Gasteiger partial charge in [0.1, 0.15) is 17.3 Å². The van der Waals surface area contributed by atoms with E-state index in [0.717, 1.165) is 10.9 Å². The molecule has 21 heavy (non-hydrogen) atoms. The number of aromatic nitrogens is 1. The summed E-state index contributed by atoms with van der Waals surface area (Å²) in [4.78, 5) is 4.33. The Kier molecular flexibility index (Phi) is 3.46. The molecule has 4 nitrogen and oxygen atoms in total. The van der Waals surface area contributed by atoms with Gasteiger partial charge in [0, 0.05) is 17.0 Å². The quantitative estimate of drug-likeness (QED) is 0.567. The van der Waals surface area contributed by atoms with Crippen molar-refractivity contribution in [2.75, 3.05) is 0 Å². The molecule has 1 heterocycles. The predicted octanol–water partition coefficient (Wildman–Crippen LogP) is 3.96. The Balaban J connectivity index is 1.91. The average Bonchev–Trinajstić information content (AvgIpc) is 2.47. The zero-order valence-electron chi connectivity index (χ0n) is 11.0. The maximum absolute atomic E-state index is 7.40. The highest BCUT2D eigenvalue weighted by Crippen LogP contribution is 2.27. The summed E-state index contributed by atoms with van der Waals surface area (Å²) in [6.07, 6.45) is 1.66. The van der Waals surface area contributed by atoms with E-state index in [1.165, 1.54) is 0 Å². The first-order valence-corrected chi connectivity index (χ1v) is 6.68. The van der Waals surface area contributed by atoms with Crippen LogP contribution < -0.4 is 10.5 Å². The number of fused-ring (bicyclic) bond motifs is 1. The van der Waals surface area contributed by atoms with Gasteiger partial charge >= 0.3 is 0 Å². The second kappa shape index (κ2) is 5.42. The topological polar surface area (TPSA) is 72.0 Å². The smallest absolute Gasteiger partial charge is 0.146 e. The largest absolute Gasteiger partial charge is 0.456 e. The zero-order chi connectivity index (χ0) is 14.8. The van der Waals surface area contributed by atoms with Crippen LogP contribution in [0.4, 0.5) is 0 Å². The Morgan fingerprint density at radius 2 is 1.90 bits per heavy atom. The number of hydrogen-bond acceptors (Lipinski definition) is 3. The fourth-order valence-corrected chi connectivity index (χ4v) is 2.29. The average molecular weight is 298 g/mol. The molecule has 0 aliphatic rings. The van der Waals surface area contributed by atoms with Gasteiger partial charge in [-0.3, -0.25) is 10.4 Å². The molecule has 3 aromatic rings. The molecule has 0 bridgehead atoms. The van der Waals surface area contributed by atoms with Gasteiger partial charge in [0.25, 0.3) is 0 Å². The number of nitrogen functional groups attached to an aromatic ring is 1. The van der Waals surface area contributed by atoms with E-state index in [0.29, 0.717) is 22.1 Å². The molecule has 0 saturated carbocycles. The summed E-state index contributed by atoms with van der Waals surface area (Å²) in [6, 6.07) is 14.7. The van der Waals surface area contributed by atoms with Crippen LogP contribution in [0.1, 0.15) is 5.56 Å². The third-order valence-corrected chi connectivity index (χ3v) is 3.34. The zero-order valence-corrected chi connectivity index (χ0v) is 11.8. The van der Waals surface area contributed by atoms with Crippen molar-refractivity contribution in [1.82, 2.24) is 4.98 Å². The molecule has 1 aromatic heterocycles. The Bertz CT molecular complexity index is 833. The lowest BCUT2D eigenvalue weighted by Crippen LogP contribution is -2.11. The van der Waals surface area contributed by atoms with Crippen LogP contribution in [-0.4, -0.2) is 10.8 Å². The molecular formula is C16H12ClN3O. The molecule has 0 aliphatic carbocycles. The van der Waals surface area contributed by atoms with E-state index < -0.39 is 0 Å². The van der Waals surface area contributed by atoms with Crippen LogP contribution in [0.5, 0.6) is 11.5 Å². The number of nitrogens with zero attached hydrogens (tertiary/aromatic N) is 1. The van der Waals surface area contributed by atoms with Crippen LogP contribution in [0.3, 0.4) is 0 Å². The van der Waals surface area contributed by atoms with Crippen molar-refractivity contribution in [1.29, 1.82) is 5.41 Å². The van der Waals surface area contributed by atoms with Crippen molar-refractivity contribution in [3.8, 4) is 11.5 Å². The van der Waals surface area contributed by atoms with E-state index in [1.807, 2.05) is 30.3 Å². The molecule has 3 N–H and O–H groups in total. The Hall–Kier alpha value is -2.59. The fourth-order valence-electron chi connectivity index (χ4n) is 2.02. The lowest BCUT2D eigenvalue weighted by molar-refractivity contribution is 0.481. The summed E-state index contributed by atoms with van der Waals surface area (Å²) in [5.74, 6) is 1.13. The number of nitrogens with two attached hydrogens (primary N) is 1. The highest BCUT2D eigenvalue weighted by atomic mass is 35.5. The van der Waals surface area contributed by atoms with Gasteiger partial charge in [-0.05, 0) is 24.3 Å².